The van der Waals surface area contributed by atoms with Crippen molar-refractivity contribution in [1.29, 1.82) is 0 Å². The highest BCUT2D eigenvalue weighted by Gasteiger charge is 2.12. The highest BCUT2D eigenvalue weighted by atomic mass is 19.1. The van der Waals surface area contributed by atoms with E-state index >= 15 is 0 Å². The van der Waals surface area contributed by atoms with Crippen LogP contribution < -0.4 is 10.5 Å². The van der Waals surface area contributed by atoms with Gasteiger partial charge in [-0.2, -0.15) is 0 Å². The molecule has 3 heteroatoms. The molecule has 2 aromatic carbocycles. The fourth-order valence-electron chi connectivity index (χ4n) is 1.98. The minimum Gasteiger partial charge on any atom is -0.486 e. The molecule has 0 fully saturated rings. The van der Waals surface area contributed by atoms with Crippen molar-refractivity contribution < 1.29 is 9.13 Å². The van der Waals surface area contributed by atoms with Crippen molar-refractivity contribution in [3.63, 3.8) is 0 Å². The predicted octanol–water partition coefficient (Wildman–Crippen LogP) is 3.60. The van der Waals surface area contributed by atoms with E-state index in [1.54, 1.807) is 12.1 Å². The average molecular weight is 259 g/mol. The lowest BCUT2D eigenvalue weighted by Gasteiger charge is -2.19. The number of aryl methyl sites for hydroxylation is 1. The topological polar surface area (TPSA) is 35.2 Å². The summed E-state index contributed by atoms with van der Waals surface area (Å²) in [5.74, 6) is 0.563. The van der Waals surface area contributed by atoms with Crippen LogP contribution in [0.25, 0.3) is 0 Å². The van der Waals surface area contributed by atoms with Crippen LogP contribution in [0.1, 0.15) is 23.7 Å². The molecule has 0 aliphatic carbocycles. The lowest BCUT2D eigenvalue weighted by Crippen LogP contribution is -2.13. The van der Waals surface area contributed by atoms with Gasteiger partial charge in [-0.05, 0) is 48.9 Å². The zero-order valence-corrected chi connectivity index (χ0v) is 11.0. The summed E-state index contributed by atoms with van der Waals surface area (Å²) < 4.78 is 18.9. The van der Waals surface area contributed by atoms with E-state index in [0.717, 1.165) is 16.9 Å². The normalized spacial score (nSPS) is 12.2. The molecule has 1 atom stereocenters. The molecular formula is C16H18FNO. The van der Waals surface area contributed by atoms with Crippen molar-refractivity contribution in [3.8, 4) is 5.75 Å². The first kappa shape index (κ1) is 13.6. The molecule has 0 bridgehead atoms. The van der Waals surface area contributed by atoms with E-state index < -0.39 is 0 Å². The fraction of sp³-hybridized carbons (Fsp3) is 0.250. The summed E-state index contributed by atoms with van der Waals surface area (Å²) in [4.78, 5) is 0. The zero-order valence-electron chi connectivity index (χ0n) is 11.0. The largest absolute Gasteiger partial charge is 0.486 e. The Morgan fingerprint density at radius 3 is 2.53 bits per heavy atom. The van der Waals surface area contributed by atoms with E-state index in [-0.39, 0.29) is 11.9 Å². The number of hydrogen-bond acceptors (Lipinski definition) is 2. The van der Waals surface area contributed by atoms with Crippen molar-refractivity contribution in [2.24, 2.45) is 5.73 Å². The molecule has 2 nitrogen and oxygen atoms in total. The second-order valence-corrected chi connectivity index (χ2v) is 4.55. The molecule has 2 aromatic rings. The van der Waals surface area contributed by atoms with Crippen LogP contribution >= 0.6 is 0 Å². The molecule has 1 unspecified atom stereocenters. The lowest BCUT2D eigenvalue weighted by molar-refractivity contribution is 0.197. The third-order valence-electron chi connectivity index (χ3n) is 2.94. The Hall–Kier alpha value is -1.87. The Morgan fingerprint density at radius 2 is 1.89 bits per heavy atom. The summed E-state index contributed by atoms with van der Waals surface area (Å²) in [7, 11) is 0. The van der Waals surface area contributed by atoms with Gasteiger partial charge < -0.3 is 10.5 Å². The van der Waals surface area contributed by atoms with Gasteiger partial charge in [-0.3, -0.25) is 0 Å². The minimum atomic E-state index is -0.245. The maximum absolute atomic E-state index is 13.0. The third-order valence-corrected chi connectivity index (χ3v) is 2.94. The van der Waals surface area contributed by atoms with Gasteiger partial charge in [-0.25, -0.2) is 4.39 Å². The quantitative estimate of drug-likeness (QED) is 0.890. The van der Waals surface area contributed by atoms with Crippen LogP contribution in [0.2, 0.25) is 0 Å². The van der Waals surface area contributed by atoms with Gasteiger partial charge >= 0.3 is 0 Å². The predicted molar refractivity (Wildman–Crippen MR) is 74.6 cm³/mol. The van der Waals surface area contributed by atoms with Gasteiger partial charge in [-0.15, -0.1) is 0 Å². The minimum absolute atomic E-state index is 0.146. The third kappa shape index (κ3) is 3.80. The van der Waals surface area contributed by atoms with E-state index in [4.69, 9.17) is 10.5 Å². The van der Waals surface area contributed by atoms with Crippen molar-refractivity contribution in [1.82, 2.24) is 0 Å². The second kappa shape index (κ2) is 6.34. The van der Waals surface area contributed by atoms with Gasteiger partial charge in [0, 0.05) is 6.42 Å². The Balaban J connectivity index is 2.18. The highest BCUT2D eigenvalue weighted by molar-refractivity contribution is 5.29. The van der Waals surface area contributed by atoms with Gasteiger partial charge in [-0.1, -0.05) is 24.3 Å². The lowest BCUT2D eigenvalue weighted by atomic mass is 10.1. The molecule has 0 aromatic heterocycles. The van der Waals surface area contributed by atoms with Crippen molar-refractivity contribution in [2.75, 3.05) is 6.54 Å². The van der Waals surface area contributed by atoms with Crippen LogP contribution in [0.15, 0.2) is 48.5 Å². The first-order valence-electron chi connectivity index (χ1n) is 6.38. The molecule has 0 spiro atoms. The van der Waals surface area contributed by atoms with Gasteiger partial charge in [0.1, 0.15) is 17.7 Å². The molecule has 0 amide bonds. The number of ether oxygens (including phenoxy) is 1. The number of rotatable bonds is 5. The van der Waals surface area contributed by atoms with E-state index in [1.807, 2.05) is 31.2 Å². The molecule has 2 rings (SSSR count). The van der Waals surface area contributed by atoms with Crippen LogP contribution in [-0.2, 0) is 0 Å². The molecule has 0 radical (unpaired) electrons. The molecule has 2 N–H and O–H groups in total. The monoisotopic (exact) mass is 259 g/mol. The standard InChI is InChI=1S/C16H18FNO/c1-12-3-2-4-15(11-12)19-16(9-10-18)13-5-7-14(17)8-6-13/h2-8,11,16H,9-10,18H2,1H3. The first-order valence-corrected chi connectivity index (χ1v) is 6.38. The van der Waals surface area contributed by atoms with Gasteiger partial charge in [0.2, 0.25) is 0 Å². The van der Waals surface area contributed by atoms with Gasteiger partial charge in [0.05, 0.1) is 0 Å². The fourth-order valence-corrected chi connectivity index (χ4v) is 1.98. The van der Waals surface area contributed by atoms with Crippen LogP contribution in [0.4, 0.5) is 4.39 Å². The van der Waals surface area contributed by atoms with E-state index in [1.165, 1.54) is 12.1 Å². The molecule has 0 heterocycles. The van der Waals surface area contributed by atoms with Crippen molar-refractivity contribution in [3.05, 3.63) is 65.5 Å². The molecule has 0 saturated carbocycles. The zero-order chi connectivity index (χ0) is 13.7. The number of halogens is 1. The molecule has 100 valence electrons. The molecular weight excluding hydrogens is 241 g/mol. The van der Waals surface area contributed by atoms with Gasteiger partial charge in [0.15, 0.2) is 0 Å². The molecule has 19 heavy (non-hydrogen) atoms. The maximum atomic E-state index is 13.0. The van der Waals surface area contributed by atoms with E-state index in [0.29, 0.717) is 13.0 Å². The second-order valence-electron chi connectivity index (χ2n) is 4.55. The Labute approximate surface area is 113 Å². The Bertz CT molecular complexity index is 525. The van der Waals surface area contributed by atoms with E-state index in [9.17, 15) is 4.39 Å². The number of benzene rings is 2. The Morgan fingerprint density at radius 1 is 1.16 bits per heavy atom. The molecule has 0 aliphatic heterocycles. The molecule has 0 aliphatic rings. The maximum Gasteiger partial charge on any atom is 0.125 e. The van der Waals surface area contributed by atoms with Crippen LogP contribution in [0.3, 0.4) is 0 Å². The van der Waals surface area contributed by atoms with Crippen LogP contribution in [0.5, 0.6) is 5.75 Å². The summed E-state index contributed by atoms with van der Waals surface area (Å²) in [6.45, 7) is 2.54. The summed E-state index contributed by atoms with van der Waals surface area (Å²) >= 11 is 0. The highest BCUT2D eigenvalue weighted by Crippen LogP contribution is 2.25. The number of nitrogens with two attached hydrogens (primary N) is 1. The van der Waals surface area contributed by atoms with Gasteiger partial charge in [0.25, 0.3) is 0 Å². The summed E-state index contributed by atoms with van der Waals surface area (Å²) in [6.07, 6.45) is 0.548. The van der Waals surface area contributed by atoms with Crippen molar-refractivity contribution in [2.45, 2.75) is 19.4 Å². The smallest absolute Gasteiger partial charge is 0.125 e. The summed E-state index contributed by atoms with van der Waals surface area (Å²) in [5.41, 5.74) is 7.71. The van der Waals surface area contributed by atoms with Crippen LogP contribution in [-0.4, -0.2) is 6.54 Å². The first-order chi connectivity index (χ1) is 9.19. The van der Waals surface area contributed by atoms with Crippen LogP contribution in [0, 0.1) is 12.7 Å². The molecule has 0 saturated heterocycles. The Kier molecular flexibility index (Phi) is 4.53. The SMILES string of the molecule is Cc1cccc(OC(CCN)c2ccc(F)cc2)c1. The van der Waals surface area contributed by atoms with E-state index in [2.05, 4.69) is 0 Å². The summed E-state index contributed by atoms with van der Waals surface area (Å²) in [6, 6.07) is 14.2. The number of hydrogen-bond donors (Lipinski definition) is 1. The average Bonchev–Trinajstić information content (AvgIpc) is 2.39. The van der Waals surface area contributed by atoms with Crippen molar-refractivity contribution >= 4 is 0 Å². The summed E-state index contributed by atoms with van der Waals surface area (Å²) in [5, 5.41) is 0.